The minimum atomic E-state index is -0.131. The van der Waals surface area contributed by atoms with E-state index in [0.717, 1.165) is 42.8 Å². The highest BCUT2D eigenvalue weighted by Gasteiger charge is 2.21. The molecule has 2 N–H and O–H groups in total. The number of amides is 2. The van der Waals surface area contributed by atoms with Gasteiger partial charge in [-0.1, -0.05) is 61.9 Å². The number of nitrogens with one attached hydrogen (secondary N) is 2. The predicted molar refractivity (Wildman–Crippen MR) is 161 cm³/mol. The molecule has 3 rings (SSSR count). The zero-order chi connectivity index (χ0) is 27.9. The minimum absolute atomic E-state index is 0.0463. The number of piperidine rings is 1. The second-order valence-corrected chi connectivity index (χ2v) is 9.11. The van der Waals surface area contributed by atoms with Gasteiger partial charge in [-0.05, 0) is 88.5 Å². The van der Waals surface area contributed by atoms with Crippen molar-refractivity contribution in [2.24, 2.45) is 5.92 Å². The van der Waals surface area contributed by atoms with Crippen molar-refractivity contribution in [2.75, 3.05) is 31.5 Å². The molecule has 0 aliphatic carbocycles. The molecule has 2 aromatic carbocycles. The molecular weight excluding hydrogens is 470 g/mol. The van der Waals surface area contributed by atoms with Crippen LogP contribution in [0.25, 0.3) is 5.57 Å². The maximum absolute atomic E-state index is 13.0. The van der Waals surface area contributed by atoms with Gasteiger partial charge in [0.2, 0.25) is 5.91 Å². The average molecular weight is 516 g/mol. The lowest BCUT2D eigenvalue weighted by molar-refractivity contribution is -0.126. The Balaban J connectivity index is 0.00000247. The maximum Gasteiger partial charge on any atom is 0.255 e. The number of nitrogens with zero attached hydrogens (tertiary/aromatic N) is 1. The molecule has 0 aromatic heterocycles. The van der Waals surface area contributed by atoms with E-state index in [-0.39, 0.29) is 17.7 Å². The molecule has 1 heterocycles. The topological polar surface area (TPSA) is 61.4 Å². The van der Waals surface area contributed by atoms with Crippen molar-refractivity contribution in [3.63, 3.8) is 0 Å². The summed E-state index contributed by atoms with van der Waals surface area (Å²) in [6, 6.07) is 17.4. The number of hydrogen-bond acceptors (Lipinski definition) is 3. The van der Waals surface area contributed by atoms with E-state index in [4.69, 9.17) is 0 Å². The van der Waals surface area contributed by atoms with Gasteiger partial charge >= 0.3 is 0 Å². The van der Waals surface area contributed by atoms with E-state index in [2.05, 4.69) is 23.3 Å². The zero-order valence-corrected chi connectivity index (χ0v) is 23.8. The number of para-hydroxylation sites is 1. The summed E-state index contributed by atoms with van der Waals surface area (Å²) >= 11 is 0. The summed E-state index contributed by atoms with van der Waals surface area (Å²) in [4.78, 5) is 27.6. The third kappa shape index (κ3) is 8.56. The van der Waals surface area contributed by atoms with Crippen molar-refractivity contribution in [2.45, 2.75) is 53.9 Å². The average Bonchev–Trinajstić information content (AvgIpc) is 2.97. The van der Waals surface area contributed by atoms with Gasteiger partial charge in [0, 0.05) is 35.8 Å². The summed E-state index contributed by atoms with van der Waals surface area (Å²) in [7, 11) is 0. The highest BCUT2D eigenvalue weighted by Crippen LogP contribution is 2.35. The SMILES string of the molecule is C=CC(C/C=C(\C)C(=O)N(CC)CC)C(=C1CCNCC1)c1cccc(C(=O)Nc2ccccc2)c1.CC. The first-order valence-corrected chi connectivity index (χ1v) is 14.0. The number of anilines is 1. The van der Waals surface area contributed by atoms with E-state index in [1.165, 1.54) is 11.1 Å². The summed E-state index contributed by atoms with van der Waals surface area (Å²) in [5.74, 6) is -0.00290. The number of likely N-dealkylation sites (N-methyl/N-ethyl adjacent to an activating group) is 1. The van der Waals surface area contributed by atoms with Gasteiger partial charge < -0.3 is 15.5 Å². The molecule has 1 fully saturated rings. The summed E-state index contributed by atoms with van der Waals surface area (Å²) < 4.78 is 0. The Morgan fingerprint density at radius 3 is 2.24 bits per heavy atom. The molecule has 0 saturated carbocycles. The van der Waals surface area contributed by atoms with Crippen LogP contribution >= 0.6 is 0 Å². The molecule has 0 radical (unpaired) electrons. The molecule has 2 aromatic rings. The minimum Gasteiger partial charge on any atom is -0.340 e. The number of carbonyl (C=O) groups is 2. The fourth-order valence-corrected chi connectivity index (χ4v) is 4.71. The number of carbonyl (C=O) groups excluding carboxylic acids is 2. The van der Waals surface area contributed by atoms with Crippen molar-refractivity contribution in [1.29, 1.82) is 0 Å². The van der Waals surface area contributed by atoms with Gasteiger partial charge in [-0.2, -0.15) is 0 Å². The monoisotopic (exact) mass is 515 g/mol. The van der Waals surface area contributed by atoms with Gasteiger partial charge in [-0.25, -0.2) is 0 Å². The third-order valence-corrected chi connectivity index (χ3v) is 6.78. The van der Waals surface area contributed by atoms with E-state index >= 15 is 0 Å². The van der Waals surface area contributed by atoms with Crippen LogP contribution in [0.4, 0.5) is 5.69 Å². The van der Waals surface area contributed by atoms with Gasteiger partial charge in [-0.15, -0.1) is 6.58 Å². The van der Waals surface area contributed by atoms with Crippen LogP contribution in [0.15, 0.2) is 84.5 Å². The summed E-state index contributed by atoms with van der Waals surface area (Å²) in [6.07, 6.45) is 6.63. The van der Waals surface area contributed by atoms with Crippen molar-refractivity contribution in [1.82, 2.24) is 10.2 Å². The quantitative estimate of drug-likeness (QED) is 0.262. The highest BCUT2D eigenvalue weighted by atomic mass is 16.2. The highest BCUT2D eigenvalue weighted by molar-refractivity contribution is 6.04. The standard InChI is InChI=1S/C31H39N3O2.C2H6/c1-5-24(17-16-23(4)31(36)34(6-2)7-3)29(25-18-20-32-21-19-25)26-12-11-13-27(22-26)30(35)33-28-14-9-8-10-15-28;1-2/h5,8-16,22,24,32H,1,6-7,17-21H2,2-4H3,(H,33,35);1-2H3/b23-16+;. The van der Waals surface area contributed by atoms with E-state index < -0.39 is 0 Å². The molecule has 1 saturated heterocycles. The maximum atomic E-state index is 13.0. The number of allylic oxidation sites excluding steroid dienone is 3. The predicted octanol–water partition coefficient (Wildman–Crippen LogP) is 7.11. The summed E-state index contributed by atoms with van der Waals surface area (Å²) in [5.41, 5.74) is 5.80. The first kappa shape index (κ1) is 30.8. The molecule has 1 aliphatic rings. The van der Waals surface area contributed by atoms with Gasteiger partial charge in [0.1, 0.15) is 0 Å². The van der Waals surface area contributed by atoms with Crippen LogP contribution < -0.4 is 10.6 Å². The molecule has 5 nitrogen and oxygen atoms in total. The van der Waals surface area contributed by atoms with Crippen LogP contribution in [0.1, 0.15) is 69.8 Å². The number of hydrogen-bond donors (Lipinski definition) is 2. The Labute approximate surface area is 229 Å². The van der Waals surface area contributed by atoms with Crippen LogP contribution in [-0.2, 0) is 4.79 Å². The van der Waals surface area contributed by atoms with Crippen LogP contribution in [0.5, 0.6) is 0 Å². The first-order chi connectivity index (χ1) is 18.5. The molecular formula is C33H45N3O2. The molecule has 1 atom stereocenters. The summed E-state index contributed by atoms with van der Waals surface area (Å²) in [5, 5.41) is 6.42. The van der Waals surface area contributed by atoms with Crippen molar-refractivity contribution in [3.8, 4) is 0 Å². The smallest absolute Gasteiger partial charge is 0.255 e. The van der Waals surface area contributed by atoms with E-state index in [9.17, 15) is 9.59 Å². The Kier molecular flexibility index (Phi) is 13.3. The zero-order valence-electron chi connectivity index (χ0n) is 23.8. The van der Waals surface area contributed by atoms with Gasteiger partial charge in [-0.3, -0.25) is 9.59 Å². The van der Waals surface area contributed by atoms with Crippen LogP contribution in [0.2, 0.25) is 0 Å². The van der Waals surface area contributed by atoms with Crippen LogP contribution in [-0.4, -0.2) is 42.9 Å². The third-order valence-electron chi connectivity index (χ3n) is 6.78. The van der Waals surface area contributed by atoms with Crippen LogP contribution in [0.3, 0.4) is 0 Å². The van der Waals surface area contributed by atoms with Crippen LogP contribution in [0, 0.1) is 5.92 Å². The fraction of sp³-hybridized carbons (Fsp3) is 0.394. The fourth-order valence-electron chi connectivity index (χ4n) is 4.71. The molecule has 2 amide bonds. The molecule has 5 heteroatoms. The normalized spacial score (nSPS) is 14.0. The summed E-state index contributed by atoms with van der Waals surface area (Å²) in [6.45, 7) is 17.3. The van der Waals surface area contributed by atoms with Crippen molar-refractivity contribution in [3.05, 3.63) is 95.6 Å². The lowest BCUT2D eigenvalue weighted by Crippen LogP contribution is -2.31. The molecule has 38 heavy (non-hydrogen) atoms. The molecule has 1 unspecified atom stereocenters. The lowest BCUT2D eigenvalue weighted by atomic mass is 9.82. The Morgan fingerprint density at radius 2 is 1.63 bits per heavy atom. The second kappa shape index (κ2) is 16.4. The van der Waals surface area contributed by atoms with E-state index in [1.54, 1.807) is 0 Å². The Hall–Kier alpha value is -3.44. The van der Waals surface area contributed by atoms with Gasteiger partial charge in [0.05, 0.1) is 0 Å². The Bertz CT molecular complexity index is 1110. The molecule has 0 spiro atoms. The largest absolute Gasteiger partial charge is 0.340 e. The van der Waals surface area contributed by atoms with E-state index in [0.29, 0.717) is 25.1 Å². The lowest BCUT2D eigenvalue weighted by Gasteiger charge is -2.25. The second-order valence-electron chi connectivity index (χ2n) is 9.11. The first-order valence-electron chi connectivity index (χ1n) is 14.0. The molecule has 1 aliphatic heterocycles. The van der Waals surface area contributed by atoms with Gasteiger partial charge in [0.25, 0.3) is 5.91 Å². The van der Waals surface area contributed by atoms with Gasteiger partial charge in [0.15, 0.2) is 0 Å². The van der Waals surface area contributed by atoms with Crippen molar-refractivity contribution < 1.29 is 9.59 Å². The molecule has 204 valence electrons. The molecule has 0 bridgehead atoms. The Morgan fingerprint density at radius 1 is 1.00 bits per heavy atom. The number of rotatable bonds is 10. The van der Waals surface area contributed by atoms with Crippen molar-refractivity contribution >= 4 is 23.1 Å². The van der Waals surface area contributed by atoms with E-state index in [1.807, 2.05) is 100 Å². The number of benzene rings is 2.